The van der Waals surface area contributed by atoms with Crippen molar-refractivity contribution >= 4 is 43.5 Å². The summed E-state index contributed by atoms with van der Waals surface area (Å²) in [6.45, 7) is 5.44. The van der Waals surface area contributed by atoms with E-state index in [1.807, 2.05) is 22.9 Å². The molecule has 0 saturated carbocycles. The minimum atomic E-state index is 0.420. The monoisotopic (exact) mass is 434 g/mol. The first-order chi connectivity index (χ1) is 10.1. The van der Waals surface area contributed by atoms with Gasteiger partial charge in [0.1, 0.15) is 12.4 Å². The predicted molar refractivity (Wildman–Crippen MR) is 93.0 cm³/mol. The van der Waals surface area contributed by atoms with E-state index in [4.69, 9.17) is 16.3 Å². The Morgan fingerprint density at radius 1 is 1.29 bits per heavy atom. The summed E-state index contributed by atoms with van der Waals surface area (Å²) < 4.78 is 9.92. The van der Waals surface area contributed by atoms with Crippen molar-refractivity contribution in [3.8, 4) is 5.75 Å². The fourth-order valence-electron chi connectivity index (χ4n) is 2.12. The maximum atomic E-state index is 6.00. The molecule has 0 unspecified atom stereocenters. The number of halogens is 3. The van der Waals surface area contributed by atoms with Gasteiger partial charge in [-0.2, -0.15) is 5.10 Å². The van der Waals surface area contributed by atoms with Crippen molar-refractivity contribution in [3.63, 3.8) is 0 Å². The number of nitrogens with zero attached hydrogens (tertiary/aromatic N) is 2. The maximum absolute atomic E-state index is 6.00. The van der Waals surface area contributed by atoms with Gasteiger partial charge in [0, 0.05) is 12.1 Å². The van der Waals surface area contributed by atoms with Crippen molar-refractivity contribution in [2.45, 2.75) is 39.3 Å². The summed E-state index contributed by atoms with van der Waals surface area (Å²) in [4.78, 5) is 0. The summed E-state index contributed by atoms with van der Waals surface area (Å²) in [6, 6.07) is 5.88. The largest absolute Gasteiger partial charge is 0.486 e. The molecule has 0 radical (unpaired) electrons. The third-order valence-corrected chi connectivity index (χ3v) is 5.07. The van der Waals surface area contributed by atoms with E-state index in [9.17, 15) is 0 Å². The molecule has 3 nitrogen and oxygen atoms in total. The Morgan fingerprint density at radius 2 is 2.05 bits per heavy atom. The molecule has 1 aromatic heterocycles. The maximum Gasteiger partial charge on any atom is 0.138 e. The quantitative estimate of drug-likeness (QED) is 0.574. The Labute approximate surface area is 146 Å². The summed E-state index contributed by atoms with van der Waals surface area (Å²) in [6.07, 6.45) is 0.891. The SMILES string of the molecule is CCc1nn(CC)c(COc2c(Br)cccc2CCl)c1Br. The van der Waals surface area contributed by atoms with E-state index in [-0.39, 0.29) is 0 Å². The van der Waals surface area contributed by atoms with E-state index in [0.29, 0.717) is 12.5 Å². The smallest absolute Gasteiger partial charge is 0.138 e. The number of benzene rings is 1. The predicted octanol–water partition coefficient (Wildman–Crippen LogP) is 5.31. The molecule has 21 heavy (non-hydrogen) atoms. The standard InChI is InChI=1S/C15H17Br2ClN2O/c1-3-12-14(17)13(20(4-2)19-12)9-21-15-10(8-18)6-5-7-11(15)16/h5-7H,3-4,8-9H2,1-2H3. The first-order valence-electron chi connectivity index (χ1n) is 6.82. The van der Waals surface area contributed by atoms with Crippen LogP contribution in [0.15, 0.2) is 27.1 Å². The third kappa shape index (κ3) is 3.63. The van der Waals surface area contributed by atoms with E-state index in [1.54, 1.807) is 0 Å². The van der Waals surface area contributed by atoms with E-state index < -0.39 is 0 Å². The Hall–Kier alpha value is -0.520. The van der Waals surface area contributed by atoms with E-state index in [0.717, 1.165) is 44.6 Å². The molecule has 1 aromatic carbocycles. The van der Waals surface area contributed by atoms with Crippen molar-refractivity contribution < 1.29 is 4.74 Å². The highest BCUT2D eigenvalue weighted by Gasteiger charge is 2.16. The number of rotatable bonds is 6. The van der Waals surface area contributed by atoms with Crippen LogP contribution >= 0.6 is 43.5 Å². The number of aromatic nitrogens is 2. The molecule has 6 heteroatoms. The molecule has 0 saturated heterocycles. The minimum Gasteiger partial charge on any atom is -0.486 e. The number of para-hydroxylation sites is 1. The van der Waals surface area contributed by atoms with E-state index >= 15 is 0 Å². The van der Waals surface area contributed by atoms with Crippen LogP contribution in [0.5, 0.6) is 5.75 Å². The molecule has 0 fully saturated rings. The summed E-state index contributed by atoms with van der Waals surface area (Å²) in [5.74, 6) is 1.21. The molecular weight excluding hydrogens is 419 g/mol. The molecule has 0 aliphatic heterocycles. The molecule has 0 bridgehead atoms. The van der Waals surface area contributed by atoms with E-state index in [2.05, 4.69) is 50.8 Å². The van der Waals surface area contributed by atoms with Gasteiger partial charge in [-0.3, -0.25) is 4.68 Å². The average Bonchev–Trinajstić information content (AvgIpc) is 2.81. The van der Waals surface area contributed by atoms with Crippen LogP contribution in [-0.2, 0) is 25.5 Å². The van der Waals surface area contributed by atoms with Gasteiger partial charge in [0.15, 0.2) is 0 Å². The number of hydrogen-bond donors (Lipinski definition) is 0. The number of aryl methyl sites for hydroxylation is 2. The Kier molecular flexibility index (Phi) is 6.14. The molecule has 0 N–H and O–H groups in total. The van der Waals surface area contributed by atoms with Gasteiger partial charge in [0.2, 0.25) is 0 Å². The lowest BCUT2D eigenvalue weighted by Gasteiger charge is -2.13. The molecule has 114 valence electrons. The van der Waals surface area contributed by atoms with Crippen LogP contribution in [0.25, 0.3) is 0 Å². The zero-order valence-corrected chi connectivity index (χ0v) is 15.9. The third-order valence-electron chi connectivity index (χ3n) is 3.24. The summed E-state index contributed by atoms with van der Waals surface area (Å²) in [5.41, 5.74) is 3.08. The highest BCUT2D eigenvalue weighted by atomic mass is 79.9. The van der Waals surface area contributed by atoms with E-state index in [1.165, 1.54) is 0 Å². The second-order valence-corrected chi connectivity index (χ2v) is 6.44. The van der Waals surface area contributed by atoms with Crippen LogP contribution in [0.4, 0.5) is 0 Å². The van der Waals surface area contributed by atoms with Crippen molar-refractivity contribution in [1.82, 2.24) is 9.78 Å². The highest BCUT2D eigenvalue weighted by Crippen LogP contribution is 2.32. The van der Waals surface area contributed by atoms with Gasteiger partial charge in [-0.1, -0.05) is 19.1 Å². The van der Waals surface area contributed by atoms with Gasteiger partial charge >= 0.3 is 0 Å². The highest BCUT2D eigenvalue weighted by molar-refractivity contribution is 9.10. The summed E-state index contributed by atoms with van der Waals surface area (Å²) >= 11 is 13.1. The number of alkyl halides is 1. The zero-order chi connectivity index (χ0) is 15.4. The van der Waals surface area contributed by atoms with Crippen LogP contribution in [-0.4, -0.2) is 9.78 Å². The minimum absolute atomic E-state index is 0.420. The second-order valence-electron chi connectivity index (χ2n) is 4.53. The first-order valence-corrected chi connectivity index (χ1v) is 8.94. The Balaban J connectivity index is 2.26. The fraction of sp³-hybridized carbons (Fsp3) is 0.400. The van der Waals surface area contributed by atoms with Gasteiger partial charge in [0.25, 0.3) is 0 Å². The van der Waals surface area contributed by atoms with Gasteiger partial charge in [-0.15, -0.1) is 11.6 Å². The van der Waals surface area contributed by atoms with Gasteiger partial charge in [-0.05, 0) is 51.3 Å². The second kappa shape index (κ2) is 7.65. The topological polar surface area (TPSA) is 27.1 Å². The molecule has 2 rings (SSSR count). The van der Waals surface area contributed by atoms with Gasteiger partial charge in [-0.25, -0.2) is 0 Å². The van der Waals surface area contributed by atoms with Gasteiger partial charge < -0.3 is 4.74 Å². The molecular formula is C15H17Br2ClN2O. The van der Waals surface area contributed by atoms with Gasteiger partial charge in [0.05, 0.1) is 26.2 Å². The van der Waals surface area contributed by atoms with Crippen LogP contribution in [0, 0.1) is 0 Å². The Bertz CT molecular complexity index is 628. The van der Waals surface area contributed by atoms with Crippen molar-refractivity contribution in [2.75, 3.05) is 0 Å². The van der Waals surface area contributed by atoms with Crippen LogP contribution < -0.4 is 4.74 Å². The van der Waals surface area contributed by atoms with Crippen LogP contribution in [0.2, 0.25) is 0 Å². The van der Waals surface area contributed by atoms with Crippen LogP contribution in [0.1, 0.15) is 30.8 Å². The molecule has 0 atom stereocenters. The van der Waals surface area contributed by atoms with Crippen LogP contribution in [0.3, 0.4) is 0 Å². The molecule has 0 aliphatic rings. The normalized spacial score (nSPS) is 10.9. The average molecular weight is 437 g/mol. The van der Waals surface area contributed by atoms with Crippen molar-refractivity contribution in [1.29, 1.82) is 0 Å². The fourth-order valence-corrected chi connectivity index (χ4v) is 3.53. The molecule has 0 aliphatic carbocycles. The van der Waals surface area contributed by atoms with Crippen molar-refractivity contribution in [3.05, 3.63) is 44.1 Å². The lowest BCUT2D eigenvalue weighted by atomic mass is 10.2. The summed E-state index contributed by atoms with van der Waals surface area (Å²) in [7, 11) is 0. The van der Waals surface area contributed by atoms with Crippen molar-refractivity contribution in [2.24, 2.45) is 0 Å². The molecule has 1 heterocycles. The Morgan fingerprint density at radius 3 is 2.67 bits per heavy atom. The molecule has 0 amide bonds. The first kappa shape index (κ1) is 16.8. The lowest BCUT2D eigenvalue weighted by Crippen LogP contribution is -2.07. The number of hydrogen-bond acceptors (Lipinski definition) is 2. The molecule has 2 aromatic rings. The lowest BCUT2D eigenvalue weighted by molar-refractivity contribution is 0.287. The summed E-state index contributed by atoms with van der Waals surface area (Å²) in [5, 5.41) is 4.58. The molecule has 0 spiro atoms. The number of ether oxygens (including phenoxy) is 1. The zero-order valence-electron chi connectivity index (χ0n) is 12.0.